The van der Waals surface area contributed by atoms with Crippen molar-refractivity contribution < 1.29 is 4.74 Å². The minimum atomic E-state index is 0.121. The van der Waals surface area contributed by atoms with Crippen LogP contribution in [0.4, 0.5) is 0 Å². The number of rotatable bonds is 2. The van der Waals surface area contributed by atoms with E-state index in [1.165, 1.54) is 6.20 Å². The molecule has 0 radical (unpaired) electrons. The third-order valence-electron chi connectivity index (χ3n) is 1.81. The van der Waals surface area contributed by atoms with Gasteiger partial charge in [0.05, 0.1) is 5.56 Å². The topological polar surface area (TPSA) is 58.8 Å². The van der Waals surface area contributed by atoms with E-state index in [0.29, 0.717) is 16.5 Å². The summed E-state index contributed by atoms with van der Waals surface area (Å²) in [7, 11) is 0. The molecule has 78 valence electrons. The van der Waals surface area contributed by atoms with Gasteiger partial charge in [0.15, 0.2) is 0 Å². The van der Waals surface area contributed by atoms with Crippen LogP contribution in [0.15, 0.2) is 36.5 Å². The van der Waals surface area contributed by atoms with Crippen molar-refractivity contribution in [2.24, 2.45) is 0 Å². The molecule has 0 amide bonds. The standard InChI is InChI=1S/C11H6ClN3O/c12-10-5-6-14-11(15-10)16-9-4-2-1-3-8(9)7-13/h1-6H. The summed E-state index contributed by atoms with van der Waals surface area (Å²) in [5.41, 5.74) is 0.422. The first-order valence-electron chi connectivity index (χ1n) is 4.45. The van der Waals surface area contributed by atoms with Crippen LogP contribution >= 0.6 is 11.6 Å². The van der Waals surface area contributed by atoms with Gasteiger partial charge in [-0.05, 0) is 18.2 Å². The maximum absolute atomic E-state index is 8.85. The van der Waals surface area contributed by atoms with Crippen molar-refractivity contribution in [2.75, 3.05) is 0 Å². The molecular formula is C11H6ClN3O. The Morgan fingerprint density at radius 3 is 2.81 bits per heavy atom. The van der Waals surface area contributed by atoms with E-state index >= 15 is 0 Å². The lowest BCUT2D eigenvalue weighted by Gasteiger charge is -2.04. The van der Waals surface area contributed by atoms with E-state index in [0.717, 1.165) is 0 Å². The molecule has 0 aliphatic carbocycles. The second-order valence-corrected chi connectivity index (χ2v) is 3.26. The van der Waals surface area contributed by atoms with E-state index in [1.807, 2.05) is 6.07 Å². The lowest BCUT2D eigenvalue weighted by molar-refractivity contribution is 0.440. The molecule has 0 bridgehead atoms. The summed E-state index contributed by atoms with van der Waals surface area (Å²) in [6.45, 7) is 0. The molecule has 1 aromatic heterocycles. The molecule has 1 heterocycles. The summed E-state index contributed by atoms with van der Waals surface area (Å²) in [4.78, 5) is 7.75. The van der Waals surface area contributed by atoms with Crippen LogP contribution in [0.2, 0.25) is 5.15 Å². The number of hydrogen-bond acceptors (Lipinski definition) is 4. The van der Waals surface area contributed by atoms with E-state index in [2.05, 4.69) is 9.97 Å². The zero-order valence-corrected chi connectivity index (χ0v) is 8.85. The van der Waals surface area contributed by atoms with Gasteiger partial charge in [0.25, 0.3) is 0 Å². The van der Waals surface area contributed by atoms with E-state index in [1.54, 1.807) is 30.3 Å². The molecule has 0 aliphatic heterocycles. The molecule has 1 aromatic carbocycles. The Hall–Kier alpha value is -2.12. The Bertz CT molecular complexity index is 551. The Balaban J connectivity index is 2.31. The van der Waals surface area contributed by atoms with Gasteiger partial charge in [0, 0.05) is 6.20 Å². The average Bonchev–Trinajstić information content (AvgIpc) is 2.30. The van der Waals surface area contributed by atoms with E-state index < -0.39 is 0 Å². The van der Waals surface area contributed by atoms with Crippen LogP contribution in [-0.4, -0.2) is 9.97 Å². The predicted molar refractivity (Wildman–Crippen MR) is 58.3 cm³/mol. The summed E-state index contributed by atoms with van der Waals surface area (Å²) in [5.74, 6) is 0.410. The van der Waals surface area contributed by atoms with Crippen molar-refractivity contribution in [3.8, 4) is 17.8 Å². The number of ether oxygens (including phenoxy) is 1. The highest BCUT2D eigenvalue weighted by molar-refractivity contribution is 6.29. The van der Waals surface area contributed by atoms with Gasteiger partial charge < -0.3 is 4.74 Å². The van der Waals surface area contributed by atoms with Gasteiger partial charge in [-0.15, -0.1) is 0 Å². The normalized spacial score (nSPS) is 9.50. The summed E-state index contributed by atoms with van der Waals surface area (Å²) < 4.78 is 5.35. The molecule has 0 fully saturated rings. The van der Waals surface area contributed by atoms with Crippen LogP contribution in [-0.2, 0) is 0 Å². The van der Waals surface area contributed by atoms with Gasteiger partial charge in [0.1, 0.15) is 17.0 Å². The van der Waals surface area contributed by atoms with Gasteiger partial charge in [-0.25, -0.2) is 4.98 Å². The Kier molecular flexibility index (Phi) is 2.99. The first kappa shape index (κ1) is 10.4. The molecule has 4 nitrogen and oxygen atoms in total. The third-order valence-corrected chi connectivity index (χ3v) is 2.02. The fourth-order valence-electron chi connectivity index (χ4n) is 1.12. The van der Waals surface area contributed by atoms with Crippen LogP contribution in [0.3, 0.4) is 0 Å². The number of nitriles is 1. The summed E-state index contributed by atoms with van der Waals surface area (Å²) >= 11 is 5.69. The molecule has 0 atom stereocenters. The second-order valence-electron chi connectivity index (χ2n) is 2.87. The highest BCUT2D eigenvalue weighted by atomic mass is 35.5. The number of halogens is 1. The molecule has 0 saturated heterocycles. The van der Waals surface area contributed by atoms with Gasteiger partial charge in [-0.2, -0.15) is 10.2 Å². The molecule has 0 saturated carbocycles. The van der Waals surface area contributed by atoms with Crippen molar-refractivity contribution in [1.29, 1.82) is 5.26 Å². The molecule has 16 heavy (non-hydrogen) atoms. The predicted octanol–water partition coefficient (Wildman–Crippen LogP) is 2.79. The Labute approximate surface area is 97.1 Å². The van der Waals surface area contributed by atoms with Crippen LogP contribution < -0.4 is 4.74 Å². The highest BCUT2D eigenvalue weighted by Crippen LogP contribution is 2.22. The second kappa shape index (κ2) is 4.60. The number of para-hydroxylation sites is 1. The minimum absolute atomic E-state index is 0.121. The lowest BCUT2D eigenvalue weighted by Crippen LogP contribution is -1.93. The van der Waals surface area contributed by atoms with E-state index in [4.69, 9.17) is 21.6 Å². The fraction of sp³-hybridized carbons (Fsp3) is 0. The third kappa shape index (κ3) is 2.27. The first-order valence-corrected chi connectivity index (χ1v) is 4.83. The van der Waals surface area contributed by atoms with E-state index in [-0.39, 0.29) is 6.01 Å². The highest BCUT2D eigenvalue weighted by Gasteiger charge is 2.05. The molecular weight excluding hydrogens is 226 g/mol. The zero-order chi connectivity index (χ0) is 11.4. The minimum Gasteiger partial charge on any atom is -0.423 e. The van der Waals surface area contributed by atoms with E-state index in [9.17, 15) is 0 Å². The van der Waals surface area contributed by atoms with Crippen molar-refractivity contribution in [1.82, 2.24) is 9.97 Å². The van der Waals surface area contributed by atoms with Crippen LogP contribution in [0.5, 0.6) is 11.8 Å². The molecule has 0 aliphatic rings. The van der Waals surface area contributed by atoms with Crippen LogP contribution in [0.1, 0.15) is 5.56 Å². The van der Waals surface area contributed by atoms with Crippen molar-refractivity contribution >= 4 is 11.6 Å². The van der Waals surface area contributed by atoms with Gasteiger partial charge in [0.2, 0.25) is 0 Å². The SMILES string of the molecule is N#Cc1ccccc1Oc1nccc(Cl)n1. The van der Waals surface area contributed by atoms with Crippen molar-refractivity contribution in [2.45, 2.75) is 0 Å². The molecule has 0 spiro atoms. The Morgan fingerprint density at radius 1 is 1.25 bits per heavy atom. The molecule has 5 heteroatoms. The van der Waals surface area contributed by atoms with Gasteiger partial charge >= 0.3 is 6.01 Å². The zero-order valence-electron chi connectivity index (χ0n) is 8.09. The maximum atomic E-state index is 8.85. The summed E-state index contributed by atoms with van der Waals surface area (Å²) in [6.07, 6.45) is 1.49. The largest absolute Gasteiger partial charge is 0.423 e. The lowest BCUT2D eigenvalue weighted by atomic mass is 10.2. The molecule has 0 unspecified atom stereocenters. The van der Waals surface area contributed by atoms with Crippen molar-refractivity contribution in [3.63, 3.8) is 0 Å². The quantitative estimate of drug-likeness (QED) is 0.746. The maximum Gasteiger partial charge on any atom is 0.323 e. The number of hydrogen-bond donors (Lipinski definition) is 0. The molecule has 2 aromatic rings. The molecule has 0 N–H and O–H groups in total. The smallest absolute Gasteiger partial charge is 0.323 e. The first-order chi connectivity index (χ1) is 7.79. The molecule has 2 rings (SSSR count). The number of nitrogens with zero attached hydrogens (tertiary/aromatic N) is 3. The van der Waals surface area contributed by atoms with Gasteiger partial charge in [-0.1, -0.05) is 23.7 Å². The monoisotopic (exact) mass is 231 g/mol. The average molecular weight is 232 g/mol. The Morgan fingerprint density at radius 2 is 2.06 bits per heavy atom. The van der Waals surface area contributed by atoms with Gasteiger partial charge in [-0.3, -0.25) is 0 Å². The summed E-state index contributed by atoms with van der Waals surface area (Å²) in [5, 5.41) is 9.15. The van der Waals surface area contributed by atoms with Crippen LogP contribution in [0.25, 0.3) is 0 Å². The fourth-order valence-corrected chi connectivity index (χ4v) is 1.24. The number of aromatic nitrogens is 2. The summed E-state index contributed by atoms with van der Waals surface area (Å²) in [6, 6.07) is 10.5. The number of benzene rings is 1. The van der Waals surface area contributed by atoms with Crippen LogP contribution in [0, 0.1) is 11.3 Å². The van der Waals surface area contributed by atoms with Crippen molar-refractivity contribution in [3.05, 3.63) is 47.2 Å².